The maximum atomic E-state index is 12.4. The van der Waals surface area contributed by atoms with Gasteiger partial charge in [0.05, 0.1) is 15.1 Å². The number of anilines is 1. The van der Waals surface area contributed by atoms with Crippen LogP contribution >= 0.6 is 22.9 Å². The number of halogens is 1. The fraction of sp³-hybridized carbons (Fsp3) is 0. The van der Waals surface area contributed by atoms with E-state index in [9.17, 15) is 9.59 Å². The lowest BCUT2D eigenvalue weighted by Gasteiger charge is -2.06. The summed E-state index contributed by atoms with van der Waals surface area (Å²) >= 11 is 7.02. The predicted octanol–water partition coefficient (Wildman–Crippen LogP) is 3.30. The highest BCUT2D eigenvalue weighted by Gasteiger charge is 2.15. The molecule has 0 saturated heterocycles. The van der Waals surface area contributed by atoms with Crippen LogP contribution in [-0.2, 0) is 0 Å². The zero-order chi connectivity index (χ0) is 15.7. The number of amides is 2. The van der Waals surface area contributed by atoms with E-state index in [0.717, 1.165) is 4.70 Å². The van der Waals surface area contributed by atoms with E-state index < -0.39 is 5.91 Å². The van der Waals surface area contributed by atoms with Gasteiger partial charge >= 0.3 is 0 Å². The van der Waals surface area contributed by atoms with Crippen molar-refractivity contribution >= 4 is 50.5 Å². The largest absolute Gasteiger partial charge is 0.365 e. The van der Waals surface area contributed by atoms with Crippen molar-refractivity contribution in [2.75, 3.05) is 5.32 Å². The van der Waals surface area contributed by atoms with Gasteiger partial charge in [0.1, 0.15) is 0 Å². The number of carbonyl (C=O) groups excluding carboxylic acids is 2. The molecule has 3 rings (SSSR count). The van der Waals surface area contributed by atoms with Crippen LogP contribution in [0.4, 0.5) is 5.69 Å². The Morgan fingerprint density at radius 3 is 2.59 bits per heavy atom. The SMILES string of the molecule is NC(=O)c1cc2c(C(=O)Nc3ccc(Cl)cc3)cncc2s1. The van der Waals surface area contributed by atoms with Crippen molar-refractivity contribution in [1.29, 1.82) is 0 Å². The minimum Gasteiger partial charge on any atom is -0.365 e. The van der Waals surface area contributed by atoms with Gasteiger partial charge < -0.3 is 11.1 Å². The van der Waals surface area contributed by atoms with Gasteiger partial charge in [-0.05, 0) is 30.3 Å². The third-order valence-electron chi connectivity index (χ3n) is 3.04. The summed E-state index contributed by atoms with van der Waals surface area (Å²) in [7, 11) is 0. The van der Waals surface area contributed by atoms with Crippen molar-refractivity contribution in [3.8, 4) is 0 Å². The lowest BCUT2D eigenvalue weighted by molar-refractivity contribution is 0.100. The van der Waals surface area contributed by atoms with Gasteiger partial charge in [0, 0.05) is 28.5 Å². The summed E-state index contributed by atoms with van der Waals surface area (Å²) < 4.78 is 0.734. The number of pyridine rings is 1. The Labute approximate surface area is 134 Å². The Kier molecular flexibility index (Phi) is 3.79. The second-order valence-corrected chi connectivity index (χ2v) is 6.06. The third kappa shape index (κ3) is 2.79. The molecule has 110 valence electrons. The standard InChI is InChI=1S/C15H10ClN3O2S/c16-8-1-3-9(4-2-8)19-15(21)11-6-18-7-13-10(11)5-12(22-13)14(17)20/h1-7H,(H2,17,20)(H,19,21). The number of benzene rings is 1. The molecule has 0 saturated carbocycles. The molecule has 0 bridgehead atoms. The molecule has 3 aromatic rings. The van der Waals surface area contributed by atoms with Gasteiger partial charge in [-0.25, -0.2) is 0 Å². The van der Waals surface area contributed by atoms with E-state index in [2.05, 4.69) is 10.3 Å². The molecule has 2 heterocycles. The molecule has 0 unspecified atom stereocenters. The van der Waals surface area contributed by atoms with Crippen molar-refractivity contribution in [3.63, 3.8) is 0 Å². The fourth-order valence-electron chi connectivity index (χ4n) is 1.99. The van der Waals surface area contributed by atoms with Gasteiger partial charge in [-0.2, -0.15) is 0 Å². The van der Waals surface area contributed by atoms with Crippen molar-refractivity contribution in [3.05, 3.63) is 58.2 Å². The van der Waals surface area contributed by atoms with E-state index in [-0.39, 0.29) is 5.91 Å². The molecule has 5 nitrogen and oxygen atoms in total. The Hall–Kier alpha value is -2.44. The van der Waals surface area contributed by atoms with Gasteiger partial charge in [-0.1, -0.05) is 11.6 Å². The highest BCUT2D eigenvalue weighted by molar-refractivity contribution is 7.20. The summed E-state index contributed by atoms with van der Waals surface area (Å²) in [5, 5.41) is 4.01. The van der Waals surface area contributed by atoms with Crippen LogP contribution in [0.5, 0.6) is 0 Å². The summed E-state index contributed by atoms with van der Waals surface area (Å²) in [5.74, 6) is -0.834. The topological polar surface area (TPSA) is 85.1 Å². The maximum absolute atomic E-state index is 12.4. The fourth-order valence-corrected chi connectivity index (χ4v) is 3.03. The molecule has 2 aromatic heterocycles. The number of aromatic nitrogens is 1. The number of primary amides is 1. The summed E-state index contributed by atoms with van der Waals surface area (Å²) in [4.78, 5) is 28.1. The number of thiophene rings is 1. The number of nitrogens with one attached hydrogen (secondary N) is 1. The van der Waals surface area contributed by atoms with Crippen molar-refractivity contribution in [2.24, 2.45) is 5.73 Å². The number of hydrogen-bond donors (Lipinski definition) is 2. The van der Waals surface area contributed by atoms with Gasteiger partial charge in [-0.15, -0.1) is 11.3 Å². The van der Waals surface area contributed by atoms with Crippen LogP contribution < -0.4 is 11.1 Å². The molecule has 0 atom stereocenters. The first-order valence-electron chi connectivity index (χ1n) is 6.29. The molecule has 2 amide bonds. The Bertz CT molecular complexity index is 874. The molecular formula is C15H10ClN3O2S. The average Bonchev–Trinajstić information content (AvgIpc) is 2.93. The minimum absolute atomic E-state index is 0.311. The minimum atomic E-state index is -0.523. The van der Waals surface area contributed by atoms with E-state index in [0.29, 0.717) is 26.5 Å². The zero-order valence-electron chi connectivity index (χ0n) is 11.2. The number of carbonyl (C=O) groups is 2. The first kappa shape index (κ1) is 14.5. The quantitative estimate of drug-likeness (QED) is 0.772. The molecule has 0 spiro atoms. The van der Waals surface area contributed by atoms with Gasteiger partial charge in [0.25, 0.3) is 11.8 Å². The molecule has 0 radical (unpaired) electrons. The van der Waals surface area contributed by atoms with E-state index in [1.54, 1.807) is 36.5 Å². The lowest BCUT2D eigenvalue weighted by Crippen LogP contribution is -2.12. The molecular weight excluding hydrogens is 322 g/mol. The van der Waals surface area contributed by atoms with Crippen LogP contribution in [0.2, 0.25) is 5.02 Å². The second-order valence-electron chi connectivity index (χ2n) is 4.53. The molecule has 0 aliphatic rings. The Balaban J connectivity index is 1.96. The molecule has 0 fully saturated rings. The first-order valence-corrected chi connectivity index (χ1v) is 7.48. The second kappa shape index (κ2) is 5.75. The molecule has 7 heteroatoms. The highest BCUT2D eigenvalue weighted by Crippen LogP contribution is 2.28. The average molecular weight is 332 g/mol. The van der Waals surface area contributed by atoms with Crippen LogP contribution in [0.1, 0.15) is 20.0 Å². The van der Waals surface area contributed by atoms with Crippen LogP contribution in [0.25, 0.3) is 10.1 Å². The van der Waals surface area contributed by atoms with E-state index in [1.165, 1.54) is 17.5 Å². The molecule has 3 N–H and O–H groups in total. The van der Waals surface area contributed by atoms with Gasteiger partial charge in [0.15, 0.2) is 0 Å². The van der Waals surface area contributed by atoms with Crippen molar-refractivity contribution < 1.29 is 9.59 Å². The number of fused-ring (bicyclic) bond motifs is 1. The van der Waals surface area contributed by atoms with Gasteiger partial charge in [0.2, 0.25) is 0 Å². The smallest absolute Gasteiger partial charge is 0.258 e. The molecule has 0 aliphatic carbocycles. The Morgan fingerprint density at radius 1 is 1.18 bits per heavy atom. The molecule has 1 aromatic carbocycles. The zero-order valence-corrected chi connectivity index (χ0v) is 12.7. The van der Waals surface area contributed by atoms with Gasteiger partial charge in [-0.3, -0.25) is 14.6 Å². The predicted molar refractivity (Wildman–Crippen MR) is 87.5 cm³/mol. The lowest BCUT2D eigenvalue weighted by atomic mass is 10.1. The third-order valence-corrected chi connectivity index (χ3v) is 4.37. The Morgan fingerprint density at radius 2 is 1.91 bits per heavy atom. The first-order chi connectivity index (χ1) is 10.5. The number of hydrogen-bond acceptors (Lipinski definition) is 4. The summed E-state index contributed by atoms with van der Waals surface area (Å²) in [5.41, 5.74) is 6.29. The van der Waals surface area contributed by atoms with E-state index >= 15 is 0 Å². The van der Waals surface area contributed by atoms with E-state index in [4.69, 9.17) is 17.3 Å². The molecule has 0 aliphatic heterocycles. The van der Waals surface area contributed by atoms with Crippen LogP contribution in [0.3, 0.4) is 0 Å². The summed E-state index contributed by atoms with van der Waals surface area (Å²) in [6, 6.07) is 8.39. The highest BCUT2D eigenvalue weighted by atomic mass is 35.5. The van der Waals surface area contributed by atoms with Crippen molar-refractivity contribution in [2.45, 2.75) is 0 Å². The van der Waals surface area contributed by atoms with Crippen LogP contribution in [0, 0.1) is 0 Å². The number of rotatable bonds is 3. The van der Waals surface area contributed by atoms with Crippen molar-refractivity contribution in [1.82, 2.24) is 4.98 Å². The monoisotopic (exact) mass is 331 g/mol. The molecule has 22 heavy (non-hydrogen) atoms. The number of nitrogens with two attached hydrogens (primary N) is 1. The van der Waals surface area contributed by atoms with Crippen LogP contribution in [0.15, 0.2) is 42.7 Å². The maximum Gasteiger partial charge on any atom is 0.258 e. The van der Waals surface area contributed by atoms with E-state index in [1.807, 2.05) is 0 Å². The normalized spacial score (nSPS) is 10.6. The summed E-state index contributed by atoms with van der Waals surface area (Å²) in [6.45, 7) is 0. The number of nitrogens with zero attached hydrogens (tertiary/aromatic N) is 1. The van der Waals surface area contributed by atoms with Crippen LogP contribution in [-0.4, -0.2) is 16.8 Å². The summed E-state index contributed by atoms with van der Waals surface area (Å²) in [6.07, 6.45) is 3.07.